The van der Waals surface area contributed by atoms with Gasteiger partial charge in [0.25, 0.3) is 0 Å². The average Bonchev–Trinajstić information content (AvgIpc) is 2.92. The first-order valence-electron chi connectivity index (χ1n) is 9.20. The molecule has 0 aliphatic heterocycles. The Balaban J connectivity index is 2.03. The minimum absolute atomic E-state index is 0.0816. The van der Waals surface area contributed by atoms with Crippen LogP contribution in [0.25, 0.3) is 0 Å². The van der Waals surface area contributed by atoms with Crippen molar-refractivity contribution in [2.24, 2.45) is 5.92 Å². The fourth-order valence-corrected chi connectivity index (χ4v) is 2.96. The first-order chi connectivity index (χ1) is 13.3. The summed E-state index contributed by atoms with van der Waals surface area (Å²) in [6.45, 7) is 8.47. The van der Waals surface area contributed by atoms with Crippen LogP contribution in [0, 0.1) is 19.8 Å². The minimum Gasteiger partial charge on any atom is -0.497 e. The Labute approximate surface area is 165 Å². The molecule has 1 aromatic carbocycles. The number of hydrogen-bond acceptors (Lipinski definition) is 6. The van der Waals surface area contributed by atoms with E-state index in [0.29, 0.717) is 23.0 Å². The van der Waals surface area contributed by atoms with Crippen LogP contribution in [0.3, 0.4) is 0 Å². The van der Waals surface area contributed by atoms with Gasteiger partial charge < -0.3 is 14.2 Å². The van der Waals surface area contributed by atoms with Crippen molar-refractivity contribution in [2.45, 2.75) is 40.7 Å². The fourth-order valence-electron chi connectivity index (χ4n) is 2.96. The number of Topliss-reactive ketones (excluding diaryl/α,β-unsaturated/α-hetero) is 1. The average molecular weight is 388 g/mol. The van der Waals surface area contributed by atoms with Crippen molar-refractivity contribution in [1.29, 1.82) is 0 Å². The van der Waals surface area contributed by atoms with Crippen LogP contribution in [0.4, 0.5) is 0 Å². The molecule has 0 saturated carbocycles. The second-order valence-electron chi connectivity index (χ2n) is 7.05. The molecule has 7 heteroatoms. The number of methoxy groups -OCH3 is 2. The van der Waals surface area contributed by atoms with E-state index in [0.717, 1.165) is 23.5 Å². The molecular weight excluding hydrogens is 360 g/mol. The van der Waals surface area contributed by atoms with Crippen molar-refractivity contribution < 1.29 is 23.8 Å². The number of ether oxygens (including phenoxy) is 3. The molecule has 152 valence electrons. The number of aryl methyl sites for hydroxylation is 1. The lowest BCUT2D eigenvalue weighted by atomic mass is 10.1. The summed E-state index contributed by atoms with van der Waals surface area (Å²) in [7, 11) is 2.99. The lowest BCUT2D eigenvalue weighted by Gasteiger charge is -2.10. The summed E-state index contributed by atoms with van der Waals surface area (Å²) in [5, 5.41) is 4.50. The van der Waals surface area contributed by atoms with Gasteiger partial charge in [-0.05, 0) is 38.0 Å². The number of ketones is 1. The number of nitrogens with zero attached hydrogens (tertiary/aromatic N) is 2. The molecule has 0 spiro atoms. The highest BCUT2D eigenvalue weighted by Gasteiger charge is 2.19. The summed E-state index contributed by atoms with van der Waals surface area (Å²) >= 11 is 0. The van der Waals surface area contributed by atoms with Crippen molar-refractivity contribution >= 4 is 11.8 Å². The largest absolute Gasteiger partial charge is 0.497 e. The molecule has 0 aliphatic rings. The molecule has 0 unspecified atom stereocenters. The van der Waals surface area contributed by atoms with Gasteiger partial charge in [0, 0.05) is 17.8 Å². The van der Waals surface area contributed by atoms with Crippen LogP contribution in [-0.4, -0.2) is 42.4 Å². The zero-order valence-electron chi connectivity index (χ0n) is 17.4. The van der Waals surface area contributed by atoms with Gasteiger partial charge in [0.05, 0.1) is 31.9 Å². The van der Waals surface area contributed by atoms with Crippen LogP contribution in [-0.2, 0) is 22.5 Å². The van der Waals surface area contributed by atoms with E-state index >= 15 is 0 Å². The monoisotopic (exact) mass is 388 g/mol. The molecule has 1 heterocycles. The molecule has 7 nitrogen and oxygen atoms in total. The van der Waals surface area contributed by atoms with Crippen molar-refractivity contribution in [3.63, 3.8) is 0 Å². The summed E-state index contributed by atoms with van der Waals surface area (Å²) in [6, 6.07) is 4.91. The summed E-state index contributed by atoms with van der Waals surface area (Å²) in [5.74, 6) is 0.564. The Morgan fingerprint density at radius 3 is 2.46 bits per heavy atom. The molecule has 0 atom stereocenters. The Hall–Kier alpha value is -2.83. The van der Waals surface area contributed by atoms with E-state index in [9.17, 15) is 9.59 Å². The van der Waals surface area contributed by atoms with Gasteiger partial charge >= 0.3 is 5.97 Å². The minimum atomic E-state index is -0.467. The molecule has 28 heavy (non-hydrogen) atoms. The number of benzene rings is 1. The third-order valence-corrected chi connectivity index (χ3v) is 4.46. The lowest BCUT2D eigenvalue weighted by Crippen LogP contribution is -2.17. The van der Waals surface area contributed by atoms with Crippen LogP contribution < -0.4 is 9.47 Å². The Morgan fingerprint density at radius 1 is 1.14 bits per heavy atom. The standard InChI is InChI=1S/C21H28N2O5/c1-13(2)11-23-15(4)17(14(3)22-23)10-21(25)28-12-19(24)18-9-16(26-5)7-8-20(18)27-6/h7-9,13H,10-12H2,1-6H3. The molecule has 2 aromatic rings. The summed E-state index contributed by atoms with van der Waals surface area (Å²) in [5.41, 5.74) is 2.91. The maximum atomic E-state index is 12.5. The Kier molecular flexibility index (Phi) is 7.20. The van der Waals surface area contributed by atoms with Crippen LogP contribution in [0.15, 0.2) is 18.2 Å². The van der Waals surface area contributed by atoms with E-state index in [2.05, 4.69) is 18.9 Å². The van der Waals surface area contributed by atoms with Crippen LogP contribution >= 0.6 is 0 Å². The maximum absolute atomic E-state index is 12.5. The molecule has 0 aliphatic carbocycles. The number of hydrogen-bond donors (Lipinski definition) is 0. The normalized spacial score (nSPS) is 10.8. The van der Waals surface area contributed by atoms with Gasteiger partial charge in [-0.25, -0.2) is 0 Å². The highest BCUT2D eigenvalue weighted by molar-refractivity contribution is 6.00. The predicted molar refractivity (Wildman–Crippen MR) is 105 cm³/mol. The molecule has 0 N–H and O–H groups in total. The van der Waals surface area contributed by atoms with Gasteiger partial charge in [-0.1, -0.05) is 13.8 Å². The van der Waals surface area contributed by atoms with Gasteiger partial charge in [0.1, 0.15) is 11.5 Å². The van der Waals surface area contributed by atoms with Crippen molar-refractivity contribution in [1.82, 2.24) is 9.78 Å². The maximum Gasteiger partial charge on any atom is 0.310 e. The molecular formula is C21H28N2O5. The van der Waals surface area contributed by atoms with E-state index in [4.69, 9.17) is 14.2 Å². The quantitative estimate of drug-likeness (QED) is 0.485. The second kappa shape index (κ2) is 9.39. The van der Waals surface area contributed by atoms with Crippen LogP contribution in [0.1, 0.15) is 41.2 Å². The number of carbonyl (C=O) groups excluding carboxylic acids is 2. The zero-order valence-corrected chi connectivity index (χ0v) is 17.4. The summed E-state index contributed by atoms with van der Waals surface area (Å²) in [6.07, 6.45) is 0.0816. The lowest BCUT2D eigenvalue weighted by molar-refractivity contribution is -0.141. The Bertz CT molecular complexity index is 855. The van der Waals surface area contributed by atoms with Crippen molar-refractivity contribution in [2.75, 3.05) is 20.8 Å². The van der Waals surface area contributed by atoms with Gasteiger partial charge in [-0.15, -0.1) is 0 Å². The number of carbonyl (C=O) groups is 2. The molecule has 0 radical (unpaired) electrons. The summed E-state index contributed by atoms with van der Waals surface area (Å²) < 4.78 is 17.5. The van der Waals surface area contributed by atoms with Gasteiger partial charge in [-0.2, -0.15) is 5.10 Å². The third-order valence-electron chi connectivity index (χ3n) is 4.46. The first kappa shape index (κ1) is 21.5. The zero-order chi connectivity index (χ0) is 20.8. The predicted octanol–water partition coefficient (Wildman–Crippen LogP) is 3.14. The van der Waals surface area contributed by atoms with Gasteiger partial charge in [0.15, 0.2) is 6.61 Å². The SMILES string of the molecule is COc1ccc(OC)c(C(=O)COC(=O)Cc2c(C)nn(CC(C)C)c2C)c1. The summed E-state index contributed by atoms with van der Waals surface area (Å²) in [4.78, 5) is 24.8. The van der Waals surface area contributed by atoms with Crippen LogP contribution in [0.5, 0.6) is 11.5 Å². The smallest absolute Gasteiger partial charge is 0.310 e. The molecule has 1 aromatic heterocycles. The first-order valence-corrected chi connectivity index (χ1v) is 9.20. The molecule has 0 saturated heterocycles. The number of rotatable bonds is 9. The van der Waals surface area contributed by atoms with Gasteiger partial charge in [-0.3, -0.25) is 14.3 Å². The molecule has 0 amide bonds. The van der Waals surface area contributed by atoms with E-state index in [1.165, 1.54) is 14.2 Å². The van der Waals surface area contributed by atoms with Gasteiger partial charge in [0.2, 0.25) is 5.78 Å². The fraction of sp³-hybridized carbons (Fsp3) is 0.476. The third kappa shape index (κ3) is 5.12. The van der Waals surface area contributed by atoms with Crippen molar-refractivity contribution in [3.8, 4) is 11.5 Å². The molecule has 0 fully saturated rings. The number of aromatic nitrogens is 2. The molecule has 0 bridgehead atoms. The highest BCUT2D eigenvalue weighted by Crippen LogP contribution is 2.24. The Morgan fingerprint density at radius 2 is 1.86 bits per heavy atom. The van der Waals surface area contributed by atoms with E-state index in [1.807, 2.05) is 18.5 Å². The highest BCUT2D eigenvalue weighted by atomic mass is 16.5. The van der Waals surface area contributed by atoms with E-state index in [-0.39, 0.29) is 18.8 Å². The van der Waals surface area contributed by atoms with E-state index < -0.39 is 5.97 Å². The topological polar surface area (TPSA) is 79.7 Å². The molecule has 2 rings (SSSR count). The van der Waals surface area contributed by atoms with Crippen LogP contribution in [0.2, 0.25) is 0 Å². The van der Waals surface area contributed by atoms with E-state index in [1.54, 1.807) is 18.2 Å². The number of esters is 1. The second-order valence-corrected chi connectivity index (χ2v) is 7.05. The van der Waals surface area contributed by atoms with Crippen molar-refractivity contribution in [3.05, 3.63) is 40.7 Å².